The average molecular weight is 384 g/mol. The Balaban J connectivity index is 1.87. The molecular weight excluding hydrogens is 357 g/mol. The van der Waals surface area contributed by atoms with E-state index in [4.69, 9.17) is 23.2 Å². The molecule has 3 nitrogen and oxygen atoms in total. The van der Waals surface area contributed by atoms with Crippen LogP contribution >= 0.6 is 23.2 Å². The van der Waals surface area contributed by atoms with Crippen LogP contribution in [-0.2, 0) is 4.79 Å². The maximum Gasteiger partial charge on any atom is 0.230 e. The summed E-state index contributed by atoms with van der Waals surface area (Å²) in [6.07, 6.45) is 9.92. The number of hydrogen-bond acceptors (Lipinski definition) is 2. The highest BCUT2D eigenvalue weighted by atomic mass is 35.5. The van der Waals surface area contributed by atoms with Crippen molar-refractivity contribution in [2.24, 2.45) is 0 Å². The summed E-state index contributed by atoms with van der Waals surface area (Å²) in [7, 11) is 0. The van der Waals surface area contributed by atoms with Gasteiger partial charge in [-0.25, -0.2) is 0 Å². The second kappa shape index (κ2) is 8.28. The summed E-state index contributed by atoms with van der Waals surface area (Å²) < 4.78 is 0. The van der Waals surface area contributed by atoms with Crippen LogP contribution in [0, 0.1) is 0 Å². The van der Waals surface area contributed by atoms with Gasteiger partial charge in [-0.15, -0.1) is 0 Å². The minimum atomic E-state index is -1.01. The van der Waals surface area contributed by atoms with Gasteiger partial charge in [0.05, 0.1) is 21.6 Å². The molecule has 1 aromatic rings. The summed E-state index contributed by atoms with van der Waals surface area (Å²) in [5.41, 5.74) is -0.249. The molecule has 1 amide bonds. The van der Waals surface area contributed by atoms with Crippen LogP contribution in [0.5, 0.6) is 0 Å². The molecule has 25 heavy (non-hydrogen) atoms. The third-order valence-corrected chi connectivity index (χ3v) is 6.49. The Hall–Kier alpha value is -0.770. The van der Waals surface area contributed by atoms with Crippen LogP contribution in [0.2, 0.25) is 10.0 Å². The molecule has 0 saturated heterocycles. The van der Waals surface area contributed by atoms with Crippen LogP contribution in [0.4, 0.5) is 0 Å². The highest BCUT2D eigenvalue weighted by Crippen LogP contribution is 2.41. The van der Waals surface area contributed by atoms with Gasteiger partial charge in [0.25, 0.3) is 0 Å². The summed E-state index contributed by atoms with van der Waals surface area (Å²) in [5.74, 6) is -0.667. The fourth-order valence-electron chi connectivity index (χ4n) is 4.38. The first-order chi connectivity index (χ1) is 12.0. The van der Waals surface area contributed by atoms with Crippen molar-refractivity contribution in [1.82, 2.24) is 5.32 Å². The Morgan fingerprint density at radius 3 is 2.32 bits per heavy atom. The molecule has 0 aliphatic heterocycles. The molecule has 2 saturated carbocycles. The van der Waals surface area contributed by atoms with Crippen LogP contribution < -0.4 is 5.32 Å². The molecular formula is C20H27Cl2NO2. The van der Waals surface area contributed by atoms with Gasteiger partial charge >= 0.3 is 0 Å². The number of aliphatic hydroxyl groups is 1. The van der Waals surface area contributed by atoms with E-state index in [9.17, 15) is 9.90 Å². The van der Waals surface area contributed by atoms with Crippen molar-refractivity contribution < 1.29 is 9.90 Å². The minimum absolute atomic E-state index is 0.0744. The summed E-state index contributed by atoms with van der Waals surface area (Å²) in [6.45, 7) is 0. The van der Waals surface area contributed by atoms with Crippen LogP contribution in [0.1, 0.15) is 75.7 Å². The standard InChI is InChI=1S/C20H27Cl2NO2/c21-16-10-9-14(13-17(16)22)18(20(25)11-5-2-6-12-20)19(24)23-15-7-3-1-4-8-15/h9-10,13,15,18,25H,1-8,11-12H2,(H,23,24). The molecule has 0 bridgehead atoms. The van der Waals surface area contributed by atoms with Crippen molar-refractivity contribution in [2.75, 3.05) is 0 Å². The number of nitrogens with one attached hydrogen (secondary N) is 1. The van der Waals surface area contributed by atoms with Crippen molar-refractivity contribution in [1.29, 1.82) is 0 Å². The van der Waals surface area contributed by atoms with Gasteiger partial charge in [-0.3, -0.25) is 4.79 Å². The van der Waals surface area contributed by atoms with Gasteiger partial charge in [0.2, 0.25) is 5.91 Å². The van der Waals surface area contributed by atoms with Crippen LogP contribution in [-0.4, -0.2) is 22.7 Å². The van der Waals surface area contributed by atoms with Gasteiger partial charge in [-0.2, -0.15) is 0 Å². The molecule has 2 fully saturated rings. The van der Waals surface area contributed by atoms with E-state index in [1.54, 1.807) is 12.1 Å². The van der Waals surface area contributed by atoms with Crippen LogP contribution in [0.25, 0.3) is 0 Å². The van der Waals surface area contributed by atoms with Crippen molar-refractivity contribution in [2.45, 2.75) is 81.8 Å². The zero-order valence-corrected chi connectivity index (χ0v) is 16.1. The molecule has 1 aromatic carbocycles. The van der Waals surface area contributed by atoms with Crippen molar-refractivity contribution in [3.8, 4) is 0 Å². The van der Waals surface area contributed by atoms with E-state index >= 15 is 0 Å². The van der Waals surface area contributed by atoms with Gasteiger partial charge < -0.3 is 10.4 Å². The number of benzene rings is 1. The lowest BCUT2D eigenvalue weighted by molar-refractivity contribution is -0.132. The highest BCUT2D eigenvalue weighted by molar-refractivity contribution is 6.42. The monoisotopic (exact) mass is 383 g/mol. The molecule has 2 aliphatic carbocycles. The van der Waals surface area contributed by atoms with Crippen LogP contribution in [0.15, 0.2) is 18.2 Å². The normalized spacial score (nSPS) is 22.4. The van der Waals surface area contributed by atoms with E-state index in [2.05, 4.69) is 5.32 Å². The summed E-state index contributed by atoms with van der Waals surface area (Å²) in [5, 5.41) is 15.4. The van der Waals surface area contributed by atoms with Crippen molar-refractivity contribution in [3.05, 3.63) is 33.8 Å². The Kier molecular flexibility index (Phi) is 6.30. The number of carbonyl (C=O) groups excluding carboxylic acids is 1. The molecule has 5 heteroatoms. The number of halogens is 2. The molecule has 138 valence electrons. The Morgan fingerprint density at radius 2 is 1.68 bits per heavy atom. The van der Waals surface area contributed by atoms with E-state index in [0.717, 1.165) is 50.5 Å². The highest BCUT2D eigenvalue weighted by Gasteiger charge is 2.43. The first-order valence-corrected chi connectivity index (χ1v) is 10.2. The number of rotatable bonds is 4. The first-order valence-electron chi connectivity index (χ1n) is 9.47. The molecule has 2 aliphatic rings. The molecule has 0 aromatic heterocycles. The smallest absolute Gasteiger partial charge is 0.230 e. The number of amides is 1. The third kappa shape index (κ3) is 4.50. The second-order valence-electron chi connectivity index (χ2n) is 7.61. The van der Waals surface area contributed by atoms with Crippen molar-refractivity contribution in [3.63, 3.8) is 0 Å². The average Bonchev–Trinajstić information content (AvgIpc) is 2.59. The fourth-order valence-corrected chi connectivity index (χ4v) is 4.69. The number of hydrogen-bond donors (Lipinski definition) is 2. The van der Waals surface area contributed by atoms with Crippen molar-refractivity contribution >= 4 is 29.1 Å². The Morgan fingerprint density at radius 1 is 1.04 bits per heavy atom. The zero-order chi connectivity index (χ0) is 17.9. The van der Waals surface area contributed by atoms with E-state index in [1.165, 1.54) is 6.42 Å². The Bertz CT molecular complexity index is 608. The maximum absolute atomic E-state index is 13.2. The molecule has 0 radical (unpaired) electrons. The SMILES string of the molecule is O=C(NC1CCCCC1)C(c1ccc(Cl)c(Cl)c1)C1(O)CCCCC1. The van der Waals surface area contributed by atoms with Gasteiger partial charge in [0.15, 0.2) is 0 Å². The fraction of sp³-hybridized carbons (Fsp3) is 0.650. The Labute approximate surface area is 160 Å². The van der Waals surface area contributed by atoms with E-state index in [0.29, 0.717) is 22.9 Å². The predicted octanol–water partition coefficient (Wildman–Crippen LogP) is 5.22. The summed E-state index contributed by atoms with van der Waals surface area (Å²) >= 11 is 12.2. The van der Waals surface area contributed by atoms with Gasteiger partial charge in [0.1, 0.15) is 0 Å². The van der Waals surface area contributed by atoms with Crippen LogP contribution in [0.3, 0.4) is 0 Å². The van der Waals surface area contributed by atoms with Gasteiger partial charge in [-0.1, -0.05) is 67.8 Å². The lowest BCUT2D eigenvalue weighted by Gasteiger charge is -2.39. The summed E-state index contributed by atoms with van der Waals surface area (Å²) in [6, 6.07) is 5.50. The van der Waals surface area contributed by atoms with E-state index in [-0.39, 0.29) is 11.9 Å². The predicted molar refractivity (Wildman–Crippen MR) is 102 cm³/mol. The molecule has 0 spiro atoms. The lowest BCUT2D eigenvalue weighted by Crippen LogP contribution is -2.49. The molecule has 1 atom stereocenters. The topological polar surface area (TPSA) is 49.3 Å². The van der Waals surface area contributed by atoms with Gasteiger partial charge in [0, 0.05) is 6.04 Å². The molecule has 3 rings (SSSR count). The first kappa shape index (κ1) is 19.0. The van der Waals surface area contributed by atoms with E-state index < -0.39 is 11.5 Å². The zero-order valence-electron chi connectivity index (χ0n) is 14.6. The largest absolute Gasteiger partial charge is 0.389 e. The minimum Gasteiger partial charge on any atom is -0.389 e. The maximum atomic E-state index is 13.2. The summed E-state index contributed by atoms with van der Waals surface area (Å²) in [4.78, 5) is 13.2. The molecule has 1 unspecified atom stereocenters. The lowest BCUT2D eigenvalue weighted by atomic mass is 9.72. The quantitative estimate of drug-likeness (QED) is 0.748. The molecule has 0 heterocycles. The molecule has 2 N–H and O–H groups in total. The van der Waals surface area contributed by atoms with Gasteiger partial charge in [-0.05, 0) is 43.4 Å². The van der Waals surface area contributed by atoms with E-state index in [1.807, 2.05) is 6.07 Å². The number of carbonyl (C=O) groups is 1. The second-order valence-corrected chi connectivity index (χ2v) is 8.43. The third-order valence-electron chi connectivity index (χ3n) is 5.75.